The van der Waals surface area contributed by atoms with Crippen LogP contribution in [0.2, 0.25) is 0 Å². The first-order valence-corrected chi connectivity index (χ1v) is 6.89. The SMILES string of the molecule is B[C@H]1C[C@@H](O)[C@@H](COCO[C@@H]2C[C@H](B)O[C@@H]2CO)O1. The summed E-state index contributed by atoms with van der Waals surface area (Å²) in [4.78, 5) is 0. The van der Waals surface area contributed by atoms with E-state index in [1.807, 2.05) is 15.7 Å². The van der Waals surface area contributed by atoms with Crippen molar-refractivity contribution < 1.29 is 29.2 Å². The number of aliphatic hydroxyl groups is 2. The molecule has 0 aromatic rings. The van der Waals surface area contributed by atoms with Crippen LogP contribution in [0, 0.1) is 0 Å². The second-order valence-electron chi connectivity index (χ2n) is 5.39. The smallest absolute Gasteiger partial charge is 0.147 e. The molecule has 0 saturated carbocycles. The van der Waals surface area contributed by atoms with Gasteiger partial charge < -0.3 is 29.2 Å². The Balaban J connectivity index is 1.61. The van der Waals surface area contributed by atoms with Crippen molar-refractivity contribution in [1.29, 1.82) is 0 Å². The number of hydrogen-bond donors (Lipinski definition) is 2. The van der Waals surface area contributed by atoms with E-state index in [1.165, 1.54) is 0 Å². The predicted octanol–water partition coefficient (Wildman–Crippen LogP) is -2.80. The number of aliphatic hydroxyl groups excluding tert-OH is 2. The van der Waals surface area contributed by atoms with Crippen LogP contribution in [-0.4, -0.2) is 82.3 Å². The molecule has 2 aliphatic rings. The van der Waals surface area contributed by atoms with Crippen LogP contribution in [0.25, 0.3) is 0 Å². The molecule has 2 rings (SSSR count). The summed E-state index contributed by atoms with van der Waals surface area (Å²) in [6.45, 7) is 0.396. The van der Waals surface area contributed by atoms with Crippen molar-refractivity contribution in [3.8, 4) is 0 Å². The molecule has 0 aromatic carbocycles. The molecule has 0 aliphatic carbocycles. The topological polar surface area (TPSA) is 77.4 Å². The third kappa shape index (κ3) is 4.18. The Morgan fingerprint density at radius 3 is 2.42 bits per heavy atom. The fourth-order valence-electron chi connectivity index (χ4n) is 2.64. The fourth-order valence-corrected chi connectivity index (χ4v) is 2.64. The van der Waals surface area contributed by atoms with Gasteiger partial charge in [-0.3, -0.25) is 0 Å². The zero-order valence-corrected chi connectivity index (χ0v) is 11.5. The van der Waals surface area contributed by atoms with Gasteiger partial charge in [-0.2, -0.15) is 0 Å². The normalized spacial score (nSPS) is 42.8. The first-order valence-electron chi connectivity index (χ1n) is 6.89. The molecule has 0 amide bonds. The largest absolute Gasteiger partial charge is 0.394 e. The number of ether oxygens (including phenoxy) is 4. The van der Waals surface area contributed by atoms with Gasteiger partial charge in [-0.15, -0.1) is 0 Å². The summed E-state index contributed by atoms with van der Waals surface area (Å²) in [6, 6.07) is 0.176. The Labute approximate surface area is 115 Å². The van der Waals surface area contributed by atoms with Crippen LogP contribution in [-0.2, 0) is 18.9 Å². The fraction of sp³-hybridized carbons (Fsp3) is 1.00. The lowest BCUT2D eigenvalue weighted by atomic mass is 9.96. The maximum atomic E-state index is 9.69. The summed E-state index contributed by atoms with van der Waals surface area (Å²) >= 11 is 0. The lowest BCUT2D eigenvalue weighted by Crippen LogP contribution is -2.31. The molecule has 0 spiro atoms. The first kappa shape index (κ1) is 15.3. The molecule has 19 heavy (non-hydrogen) atoms. The second-order valence-corrected chi connectivity index (χ2v) is 5.39. The molecule has 6 nitrogen and oxygen atoms in total. The summed E-state index contributed by atoms with van der Waals surface area (Å²) in [6.07, 6.45) is 0.269. The zero-order valence-electron chi connectivity index (χ0n) is 11.5. The minimum Gasteiger partial charge on any atom is -0.394 e. The highest BCUT2D eigenvalue weighted by atomic mass is 16.7. The van der Waals surface area contributed by atoms with Gasteiger partial charge >= 0.3 is 0 Å². The van der Waals surface area contributed by atoms with Gasteiger partial charge in [0.15, 0.2) is 0 Å². The maximum Gasteiger partial charge on any atom is 0.147 e. The van der Waals surface area contributed by atoms with Crippen LogP contribution in [0.1, 0.15) is 12.8 Å². The summed E-state index contributed by atoms with van der Waals surface area (Å²) in [5.74, 6) is 0. The van der Waals surface area contributed by atoms with Gasteiger partial charge in [-0.25, -0.2) is 0 Å². The summed E-state index contributed by atoms with van der Waals surface area (Å²) in [5, 5.41) is 18.8. The number of rotatable bonds is 6. The van der Waals surface area contributed by atoms with E-state index in [0.29, 0.717) is 13.0 Å². The van der Waals surface area contributed by atoms with E-state index in [2.05, 4.69) is 0 Å². The Kier molecular flexibility index (Phi) is 5.68. The van der Waals surface area contributed by atoms with E-state index in [4.69, 9.17) is 24.1 Å². The van der Waals surface area contributed by atoms with E-state index < -0.39 is 6.10 Å². The van der Waals surface area contributed by atoms with Gasteiger partial charge in [0.25, 0.3) is 0 Å². The Morgan fingerprint density at radius 2 is 1.79 bits per heavy atom. The maximum absolute atomic E-state index is 9.69. The van der Waals surface area contributed by atoms with Gasteiger partial charge in [-0.05, 0) is 12.8 Å². The highest BCUT2D eigenvalue weighted by Crippen LogP contribution is 2.22. The number of hydrogen-bond acceptors (Lipinski definition) is 6. The minimum absolute atomic E-state index is 0.0447. The third-order valence-corrected chi connectivity index (χ3v) is 3.62. The molecular formula is C11H22B2O6. The molecule has 0 unspecified atom stereocenters. The third-order valence-electron chi connectivity index (χ3n) is 3.62. The molecule has 2 N–H and O–H groups in total. The molecule has 2 heterocycles. The van der Waals surface area contributed by atoms with Gasteiger partial charge in [0.1, 0.15) is 34.7 Å². The highest BCUT2D eigenvalue weighted by molar-refractivity contribution is 6.11. The van der Waals surface area contributed by atoms with E-state index in [1.54, 1.807) is 0 Å². The van der Waals surface area contributed by atoms with Gasteiger partial charge in [0, 0.05) is 12.0 Å². The molecule has 0 radical (unpaired) electrons. The lowest BCUT2D eigenvalue weighted by molar-refractivity contribution is -0.135. The van der Waals surface area contributed by atoms with Crippen molar-refractivity contribution in [2.75, 3.05) is 20.0 Å². The van der Waals surface area contributed by atoms with Crippen LogP contribution in [0.4, 0.5) is 0 Å². The Morgan fingerprint density at radius 1 is 1.11 bits per heavy atom. The molecular weight excluding hydrogens is 250 g/mol. The van der Waals surface area contributed by atoms with Crippen LogP contribution < -0.4 is 0 Å². The molecule has 0 aromatic heterocycles. The second kappa shape index (κ2) is 7.06. The van der Waals surface area contributed by atoms with Crippen molar-refractivity contribution in [3.05, 3.63) is 0 Å². The molecule has 2 aliphatic heterocycles. The molecule has 0 bridgehead atoms. The van der Waals surface area contributed by atoms with E-state index >= 15 is 0 Å². The summed E-state index contributed by atoms with van der Waals surface area (Å²) in [5.41, 5.74) is 0. The quantitative estimate of drug-likeness (QED) is 0.309. The van der Waals surface area contributed by atoms with Crippen molar-refractivity contribution in [2.24, 2.45) is 0 Å². The van der Waals surface area contributed by atoms with Crippen molar-refractivity contribution in [1.82, 2.24) is 0 Å². The lowest BCUT2D eigenvalue weighted by Gasteiger charge is -2.18. The van der Waals surface area contributed by atoms with Gasteiger partial charge in [-0.1, -0.05) is 0 Å². The van der Waals surface area contributed by atoms with Crippen LogP contribution >= 0.6 is 0 Å². The van der Waals surface area contributed by atoms with Crippen molar-refractivity contribution in [3.63, 3.8) is 0 Å². The average molecular weight is 272 g/mol. The van der Waals surface area contributed by atoms with Crippen LogP contribution in [0.3, 0.4) is 0 Å². The molecule has 2 fully saturated rings. The molecule has 6 atom stereocenters. The highest BCUT2D eigenvalue weighted by Gasteiger charge is 2.34. The summed E-state index contributed by atoms with van der Waals surface area (Å²) < 4.78 is 21.9. The standard InChI is InChI=1S/C11H22B2O6/c12-10-1-6(15)9(19-10)4-16-5-17-7-2-11(13)18-8(7)3-14/h6-11,14-15H,1-5,12-13H2/t6-,7-,8-,9-,10-,11-/m1/s1. The van der Waals surface area contributed by atoms with Gasteiger partial charge in [0.2, 0.25) is 0 Å². The summed E-state index contributed by atoms with van der Waals surface area (Å²) in [7, 11) is 3.89. The predicted molar refractivity (Wildman–Crippen MR) is 72.4 cm³/mol. The van der Waals surface area contributed by atoms with Gasteiger partial charge in [0.05, 0.1) is 25.4 Å². The molecule has 108 valence electrons. The van der Waals surface area contributed by atoms with E-state index in [9.17, 15) is 5.11 Å². The van der Waals surface area contributed by atoms with E-state index in [-0.39, 0.29) is 43.7 Å². The minimum atomic E-state index is -0.463. The molecule has 2 saturated heterocycles. The van der Waals surface area contributed by atoms with Crippen LogP contribution in [0.15, 0.2) is 0 Å². The zero-order chi connectivity index (χ0) is 13.8. The van der Waals surface area contributed by atoms with E-state index in [0.717, 1.165) is 6.42 Å². The van der Waals surface area contributed by atoms with Crippen molar-refractivity contribution in [2.45, 2.75) is 49.3 Å². The monoisotopic (exact) mass is 272 g/mol. The van der Waals surface area contributed by atoms with Crippen LogP contribution in [0.5, 0.6) is 0 Å². The Hall–Kier alpha value is -0.110. The molecule has 8 heteroatoms. The average Bonchev–Trinajstić information content (AvgIpc) is 2.87. The van der Waals surface area contributed by atoms with Crippen molar-refractivity contribution >= 4 is 15.7 Å². The Bertz CT molecular complexity index is 282. The first-order chi connectivity index (χ1) is 9.10.